The Morgan fingerprint density at radius 1 is 1.02 bits per heavy atom. The molecular formula is C27H22F4N4O6S. The minimum Gasteiger partial charge on any atom is -0.497 e. The zero-order valence-electron chi connectivity index (χ0n) is 21.9. The van der Waals surface area contributed by atoms with Crippen LogP contribution in [0.2, 0.25) is 0 Å². The van der Waals surface area contributed by atoms with Crippen molar-refractivity contribution >= 4 is 27.6 Å². The molecule has 0 aliphatic carbocycles. The van der Waals surface area contributed by atoms with Crippen molar-refractivity contribution < 1.29 is 45.0 Å². The number of nitrogens with zero attached hydrogens (tertiary/aromatic N) is 2. The number of hydrogen-bond acceptors (Lipinski definition) is 7. The minimum atomic E-state index is -5.15. The van der Waals surface area contributed by atoms with E-state index in [1.807, 2.05) is 0 Å². The number of esters is 1. The summed E-state index contributed by atoms with van der Waals surface area (Å²) in [5.74, 6) is -3.31. The number of carbonyl (C=O) groups excluding carboxylic acids is 2. The summed E-state index contributed by atoms with van der Waals surface area (Å²) in [6, 6.07) is 14.0. The summed E-state index contributed by atoms with van der Waals surface area (Å²) in [7, 11) is -2.84. The topological polar surface area (TPSA) is 143 Å². The Hall–Kier alpha value is -4.76. The third-order valence-electron chi connectivity index (χ3n) is 5.88. The molecule has 0 aliphatic rings. The summed E-state index contributed by atoms with van der Waals surface area (Å²) in [5, 5.41) is 11.0. The van der Waals surface area contributed by atoms with E-state index >= 15 is 4.39 Å². The van der Waals surface area contributed by atoms with Crippen LogP contribution in [0.5, 0.6) is 5.75 Å². The van der Waals surface area contributed by atoms with Crippen molar-refractivity contribution in [2.45, 2.75) is 18.0 Å². The molecule has 1 heterocycles. The number of anilines is 1. The normalized spacial score (nSPS) is 11.7. The molecule has 0 fully saturated rings. The number of hydrogen-bond donors (Lipinski definition) is 2. The summed E-state index contributed by atoms with van der Waals surface area (Å²) >= 11 is 0. The van der Waals surface area contributed by atoms with E-state index in [0.29, 0.717) is 10.4 Å². The molecule has 4 rings (SSSR count). The summed E-state index contributed by atoms with van der Waals surface area (Å²) in [6.45, 7) is 1.08. The fourth-order valence-corrected chi connectivity index (χ4v) is 4.82. The zero-order chi connectivity index (χ0) is 30.8. The number of sulfonamides is 1. The summed E-state index contributed by atoms with van der Waals surface area (Å²) < 4.78 is 91.6. The quantitative estimate of drug-likeness (QED) is 0.217. The molecule has 0 unspecified atom stereocenters. The average Bonchev–Trinajstić information content (AvgIpc) is 3.35. The number of amides is 1. The number of halogens is 4. The van der Waals surface area contributed by atoms with Crippen LogP contribution in [0.25, 0.3) is 16.8 Å². The number of nitrogens with one attached hydrogen (secondary N) is 1. The maximum atomic E-state index is 15.2. The lowest BCUT2D eigenvalue weighted by atomic mass is 10.0. The van der Waals surface area contributed by atoms with Gasteiger partial charge in [0.2, 0.25) is 10.0 Å². The molecule has 0 aliphatic heterocycles. The number of alkyl halides is 3. The fraction of sp³-hybridized carbons (Fsp3) is 0.148. The molecule has 1 aromatic heterocycles. The fourth-order valence-electron chi connectivity index (χ4n) is 4.07. The van der Waals surface area contributed by atoms with Gasteiger partial charge in [-0.2, -0.15) is 18.3 Å². The first-order valence-electron chi connectivity index (χ1n) is 12.0. The molecule has 4 aromatic rings. The molecule has 3 N–H and O–H groups in total. The van der Waals surface area contributed by atoms with E-state index in [1.165, 1.54) is 68.6 Å². The van der Waals surface area contributed by atoms with Gasteiger partial charge < -0.3 is 14.8 Å². The molecule has 15 heteroatoms. The second kappa shape index (κ2) is 11.6. The molecule has 0 spiro atoms. The van der Waals surface area contributed by atoms with Crippen LogP contribution in [0, 0.1) is 5.82 Å². The Balaban J connectivity index is 1.82. The second-order valence-corrected chi connectivity index (χ2v) is 10.1. The SMILES string of the molecule is CCOC(=O)c1c(C(F)(F)F)nn(-c2ccc(OC)cc2)c1C(=O)Nc1ccc(-c2ccccc2S(N)(=O)=O)c(F)c1. The molecule has 1 amide bonds. The molecule has 3 aromatic carbocycles. The molecule has 220 valence electrons. The predicted octanol–water partition coefficient (Wildman–Crippen LogP) is 4.78. The van der Waals surface area contributed by atoms with Crippen molar-refractivity contribution in [2.24, 2.45) is 5.14 Å². The Kier molecular flexibility index (Phi) is 8.35. The zero-order valence-corrected chi connectivity index (χ0v) is 22.7. The molecule has 0 bridgehead atoms. The highest BCUT2D eigenvalue weighted by Crippen LogP contribution is 2.35. The average molecular weight is 607 g/mol. The van der Waals surface area contributed by atoms with Gasteiger partial charge in [-0.15, -0.1) is 0 Å². The first-order chi connectivity index (χ1) is 19.8. The van der Waals surface area contributed by atoms with Crippen LogP contribution in [0.1, 0.15) is 33.5 Å². The largest absolute Gasteiger partial charge is 0.497 e. The van der Waals surface area contributed by atoms with E-state index in [1.54, 1.807) is 0 Å². The smallest absolute Gasteiger partial charge is 0.436 e. The number of nitrogens with two attached hydrogens (primary N) is 1. The van der Waals surface area contributed by atoms with E-state index in [9.17, 15) is 31.2 Å². The van der Waals surface area contributed by atoms with Crippen molar-refractivity contribution in [2.75, 3.05) is 19.0 Å². The number of primary sulfonamides is 1. The van der Waals surface area contributed by atoms with Crippen molar-refractivity contribution in [3.8, 4) is 22.6 Å². The van der Waals surface area contributed by atoms with Gasteiger partial charge in [0.15, 0.2) is 5.69 Å². The molecule has 0 atom stereocenters. The minimum absolute atomic E-state index is 0.0249. The first-order valence-corrected chi connectivity index (χ1v) is 13.6. The van der Waals surface area contributed by atoms with Crippen molar-refractivity contribution in [1.29, 1.82) is 0 Å². The van der Waals surface area contributed by atoms with Crippen LogP contribution in [0.15, 0.2) is 71.6 Å². The van der Waals surface area contributed by atoms with Gasteiger partial charge in [-0.05, 0) is 55.5 Å². The van der Waals surface area contributed by atoms with Crippen LogP contribution in [0.4, 0.5) is 23.2 Å². The number of carbonyl (C=O) groups is 2. The van der Waals surface area contributed by atoms with Gasteiger partial charge in [-0.3, -0.25) is 4.79 Å². The van der Waals surface area contributed by atoms with E-state index < -0.39 is 50.8 Å². The predicted molar refractivity (Wildman–Crippen MR) is 142 cm³/mol. The molecular weight excluding hydrogens is 584 g/mol. The standard InChI is InChI=1S/C27H22F4N4O6S/c1-3-41-26(37)22-23(35(34-24(22)27(29,30)31)16-9-11-17(40-2)12-10-16)25(36)33-15-8-13-18(20(28)14-15)19-6-4-5-7-21(19)42(32,38)39/h4-14H,3H2,1-2H3,(H,33,36)(H2,32,38,39). The van der Waals surface area contributed by atoms with Gasteiger partial charge in [-0.1, -0.05) is 18.2 Å². The third-order valence-corrected chi connectivity index (χ3v) is 6.85. The molecule has 42 heavy (non-hydrogen) atoms. The van der Waals surface area contributed by atoms with Gasteiger partial charge in [0, 0.05) is 16.8 Å². The lowest BCUT2D eigenvalue weighted by Crippen LogP contribution is -2.22. The van der Waals surface area contributed by atoms with Crippen LogP contribution < -0.4 is 15.2 Å². The Morgan fingerprint density at radius 3 is 2.26 bits per heavy atom. The van der Waals surface area contributed by atoms with Gasteiger partial charge >= 0.3 is 12.1 Å². The van der Waals surface area contributed by atoms with Crippen molar-refractivity contribution in [1.82, 2.24) is 9.78 Å². The van der Waals surface area contributed by atoms with Gasteiger partial charge in [-0.25, -0.2) is 27.4 Å². The Morgan fingerprint density at radius 2 is 1.69 bits per heavy atom. The Bertz CT molecular complexity index is 1770. The number of benzene rings is 3. The third kappa shape index (κ3) is 6.11. The van der Waals surface area contributed by atoms with E-state index in [4.69, 9.17) is 14.6 Å². The van der Waals surface area contributed by atoms with E-state index in [2.05, 4.69) is 10.4 Å². The Labute approximate surface area is 236 Å². The maximum Gasteiger partial charge on any atom is 0.436 e. The van der Waals surface area contributed by atoms with Crippen molar-refractivity contribution in [3.05, 3.63) is 89.5 Å². The van der Waals surface area contributed by atoms with Gasteiger partial charge in [0.1, 0.15) is 22.8 Å². The lowest BCUT2D eigenvalue weighted by Gasteiger charge is -2.13. The van der Waals surface area contributed by atoms with E-state index in [0.717, 1.165) is 12.1 Å². The lowest BCUT2D eigenvalue weighted by molar-refractivity contribution is -0.141. The van der Waals surface area contributed by atoms with Gasteiger partial charge in [0.25, 0.3) is 5.91 Å². The summed E-state index contributed by atoms with van der Waals surface area (Å²) in [4.78, 5) is 25.8. The molecule has 0 radical (unpaired) electrons. The number of rotatable bonds is 8. The number of ether oxygens (including phenoxy) is 2. The van der Waals surface area contributed by atoms with Crippen molar-refractivity contribution in [3.63, 3.8) is 0 Å². The van der Waals surface area contributed by atoms with Crippen LogP contribution in [0.3, 0.4) is 0 Å². The van der Waals surface area contributed by atoms with Crippen LogP contribution in [-0.2, 0) is 20.9 Å². The number of aromatic nitrogens is 2. The van der Waals surface area contributed by atoms with Crippen LogP contribution >= 0.6 is 0 Å². The monoisotopic (exact) mass is 606 g/mol. The van der Waals surface area contributed by atoms with E-state index in [-0.39, 0.29) is 34.0 Å². The summed E-state index contributed by atoms with van der Waals surface area (Å²) in [6.07, 6.45) is -5.15. The highest BCUT2D eigenvalue weighted by atomic mass is 32.2. The maximum absolute atomic E-state index is 15.2. The van der Waals surface area contributed by atoms with Crippen LogP contribution in [-0.4, -0.2) is 43.8 Å². The molecule has 10 nitrogen and oxygen atoms in total. The van der Waals surface area contributed by atoms with Gasteiger partial charge in [0.05, 0.1) is 24.3 Å². The highest BCUT2D eigenvalue weighted by Gasteiger charge is 2.44. The number of methoxy groups -OCH3 is 1. The highest BCUT2D eigenvalue weighted by molar-refractivity contribution is 7.89. The second-order valence-electron chi connectivity index (χ2n) is 8.59. The molecule has 0 saturated heterocycles. The summed E-state index contributed by atoms with van der Waals surface area (Å²) in [5.41, 5.74) is -4.10. The first kappa shape index (κ1) is 30.2. The molecule has 0 saturated carbocycles.